The largest absolute Gasteiger partial charge is 0.330 e. The molecule has 56 valence electrons. The van der Waals surface area contributed by atoms with Crippen molar-refractivity contribution in [3.8, 4) is 0 Å². The van der Waals surface area contributed by atoms with Gasteiger partial charge in [-0.2, -0.15) is 0 Å². The van der Waals surface area contributed by atoms with E-state index in [1.165, 1.54) is 18.8 Å². The van der Waals surface area contributed by atoms with Crippen molar-refractivity contribution in [1.82, 2.24) is 0 Å². The summed E-state index contributed by atoms with van der Waals surface area (Å²) >= 11 is 0. The van der Waals surface area contributed by atoms with Crippen molar-refractivity contribution in [2.45, 2.75) is 19.3 Å². The molecule has 0 saturated heterocycles. The molecular weight excluding hydrogens is 122 g/mol. The van der Waals surface area contributed by atoms with Crippen LogP contribution in [-0.4, -0.2) is 6.54 Å². The van der Waals surface area contributed by atoms with Gasteiger partial charge in [0.1, 0.15) is 0 Å². The molecule has 0 unspecified atom stereocenters. The minimum atomic E-state index is 0.925. The first kappa shape index (κ1) is 5.59. The van der Waals surface area contributed by atoms with Gasteiger partial charge in [0.2, 0.25) is 0 Å². The van der Waals surface area contributed by atoms with Crippen molar-refractivity contribution in [3.63, 3.8) is 0 Å². The third-order valence-corrected chi connectivity index (χ3v) is 4.14. The predicted molar refractivity (Wildman–Crippen MR) is 40.4 cm³/mol. The van der Waals surface area contributed by atoms with Gasteiger partial charge < -0.3 is 5.73 Å². The normalized spacial score (nSPS) is 62.7. The molecule has 0 aliphatic heterocycles. The minimum absolute atomic E-state index is 0.925. The van der Waals surface area contributed by atoms with Gasteiger partial charge in [0.15, 0.2) is 0 Å². The summed E-state index contributed by atoms with van der Waals surface area (Å²) < 4.78 is 0. The van der Waals surface area contributed by atoms with Crippen LogP contribution < -0.4 is 5.73 Å². The molecule has 2 bridgehead atoms. The maximum atomic E-state index is 5.70. The average molecular weight is 137 g/mol. The lowest BCUT2D eigenvalue weighted by Gasteiger charge is -2.18. The summed E-state index contributed by atoms with van der Waals surface area (Å²) in [5.41, 5.74) is 5.70. The summed E-state index contributed by atoms with van der Waals surface area (Å²) in [4.78, 5) is 0. The van der Waals surface area contributed by atoms with Crippen molar-refractivity contribution >= 4 is 0 Å². The number of rotatable bonds is 1. The highest BCUT2D eigenvalue weighted by Gasteiger charge is 2.60. The maximum absolute atomic E-state index is 5.70. The van der Waals surface area contributed by atoms with E-state index in [4.69, 9.17) is 5.73 Å². The standard InChI is InChI=1S/C9H15N/c10-4-6-1-5-2-7(6)9-3-8(5)9/h5-9H,1-4,10H2/t5-,6-,7+,8+,9+/m0/s1. The van der Waals surface area contributed by atoms with Gasteiger partial charge in [-0.3, -0.25) is 0 Å². The van der Waals surface area contributed by atoms with E-state index in [1.807, 2.05) is 0 Å². The molecule has 10 heavy (non-hydrogen) atoms. The van der Waals surface area contributed by atoms with Gasteiger partial charge in [-0.25, -0.2) is 0 Å². The topological polar surface area (TPSA) is 26.0 Å². The van der Waals surface area contributed by atoms with Gasteiger partial charge in [-0.05, 0) is 55.4 Å². The zero-order valence-corrected chi connectivity index (χ0v) is 6.29. The SMILES string of the molecule is NC[C@@H]1C[C@H]2C[C@H]1[C@H]1C[C@H]21. The van der Waals surface area contributed by atoms with Crippen LogP contribution in [0.1, 0.15) is 19.3 Å². The second-order valence-corrected chi connectivity index (χ2v) is 4.45. The monoisotopic (exact) mass is 137 g/mol. The fourth-order valence-corrected chi connectivity index (χ4v) is 3.62. The van der Waals surface area contributed by atoms with Crippen LogP contribution >= 0.6 is 0 Å². The van der Waals surface area contributed by atoms with E-state index in [-0.39, 0.29) is 0 Å². The van der Waals surface area contributed by atoms with Crippen LogP contribution in [0.3, 0.4) is 0 Å². The third-order valence-electron chi connectivity index (χ3n) is 4.14. The first-order valence-electron chi connectivity index (χ1n) is 4.60. The van der Waals surface area contributed by atoms with E-state index in [0.29, 0.717) is 0 Å². The second-order valence-electron chi connectivity index (χ2n) is 4.45. The summed E-state index contributed by atoms with van der Waals surface area (Å²) in [6.07, 6.45) is 4.57. The Morgan fingerprint density at radius 1 is 1.00 bits per heavy atom. The molecule has 0 aromatic heterocycles. The molecule has 1 nitrogen and oxygen atoms in total. The Labute approximate surface area is 62.0 Å². The Bertz CT molecular complexity index is 166. The minimum Gasteiger partial charge on any atom is -0.330 e. The fourth-order valence-electron chi connectivity index (χ4n) is 3.62. The van der Waals surface area contributed by atoms with Crippen LogP contribution in [0.15, 0.2) is 0 Å². The lowest BCUT2D eigenvalue weighted by Crippen LogP contribution is -2.21. The molecule has 3 saturated carbocycles. The third kappa shape index (κ3) is 0.493. The highest BCUT2D eigenvalue weighted by atomic mass is 14.7. The van der Waals surface area contributed by atoms with Gasteiger partial charge in [0.25, 0.3) is 0 Å². The zero-order valence-electron chi connectivity index (χ0n) is 6.29. The summed E-state index contributed by atoms with van der Waals surface area (Å²) in [6, 6.07) is 0. The molecule has 3 aliphatic carbocycles. The summed E-state index contributed by atoms with van der Waals surface area (Å²) in [5, 5.41) is 0. The Morgan fingerprint density at radius 3 is 2.50 bits per heavy atom. The summed E-state index contributed by atoms with van der Waals surface area (Å²) in [5.74, 6) is 5.43. The van der Waals surface area contributed by atoms with Crippen LogP contribution in [-0.2, 0) is 0 Å². The molecule has 3 fully saturated rings. The highest BCUT2D eigenvalue weighted by Crippen LogP contribution is 2.67. The molecule has 0 aromatic carbocycles. The van der Waals surface area contributed by atoms with Gasteiger partial charge in [0, 0.05) is 0 Å². The maximum Gasteiger partial charge on any atom is -0.00460 e. The van der Waals surface area contributed by atoms with E-state index < -0.39 is 0 Å². The molecule has 0 heterocycles. The fraction of sp³-hybridized carbons (Fsp3) is 1.00. The zero-order chi connectivity index (χ0) is 6.72. The molecule has 5 atom stereocenters. The predicted octanol–water partition coefficient (Wildman–Crippen LogP) is 1.24. The van der Waals surface area contributed by atoms with Crippen molar-refractivity contribution in [1.29, 1.82) is 0 Å². The number of hydrogen-bond donors (Lipinski definition) is 1. The molecule has 3 aliphatic rings. The first-order chi connectivity index (χ1) is 4.90. The first-order valence-corrected chi connectivity index (χ1v) is 4.60. The van der Waals surface area contributed by atoms with E-state index in [9.17, 15) is 0 Å². The van der Waals surface area contributed by atoms with Gasteiger partial charge in [0.05, 0.1) is 0 Å². The molecule has 0 spiro atoms. The van der Waals surface area contributed by atoms with Crippen molar-refractivity contribution < 1.29 is 0 Å². The summed E-state index contributed by atoms with van der Waals surface area (Å²) in [6.45, 7) is 0.963. The van der Waals surface area contributed by atoms with Gasteiger partial charge in [-0.1, -0.05) is 0 Å². The van der Waals surface area contributed by atoms with Gasteiger partial charge in [-0.15, -0.1) is 0 Å². The molecule has 2 N–H and O–H groups in total. The van der Waals surface area contributed by atoms with E-state index >= 15 is 0 Å². The van der Waals surface area contributed by atoms with Crippen LogP contribution in [0.4, 0.5) is 0 Å². The van der Waals surface area contributed by atoms with E-state index in [0.717, 1.165) is 30.2 Å². The lowest BCUT2D eigenvalue weighted by atomic mass is 9.89. The smallest absolute Gasteiger partial charge is 0.00460 e. The quantitative estimate of drug-likeness (QED) is 0.578. The lowest BCUT2D eigenvalue weighted by molar-refractivity contribution is 0.324. The van der Waals surface area contributed by atoms with Crippen molar-refractivity contribution in [2.24, 2.45) is 35.3 Å². The molecule has 0 amide bonds. The molecule has 3 rings (SSSR count). The van der Waals surface area contributed by atoms with Crippen LogP contribution in [0.2, 0.25) is 0 Å². The molecule has 1 heteroatoms. The molecular formula is C9H15N. The second kappa shape index (κ2) is 1.58. The Morgan fingerprint density at radius 2 is 1.90 bits per heavy atom. The van der Waals surface area contributed by atoms with E-state index in [1.54, 1.807) is 6.42 Å². The molecule has 0 radical (unpaired) electrons. The Balaban J connectivity index is 1.85. The summed E-state index contributed by atoms with van der Waals surface area (Å²) in [7, 11) is 0. The Kier molecular flexibility index (Phi) is 0.883. The molecule has 0 aromatic rings. The number of hydrogen-bond acceptors (Lipinski definition) is 1. The Hall–Kier alpha value is -0.0400. The highest BCUT2D eigenvalue weighted by molar-refractivity contribution is 5.09. The number of nitrogens with two attached hydrogens (primary N) is 1. The number of fused-ring (bicyclic) bond motifs is 5. The van der Waals surface area contributed by atoms with Crippen molar-refractivity contribution in [2.75, 3.05) is 6.54 Å². The van der Waals surface area contributed by atoms with Crippen LogP contribution in [0.5, 0.6) is 0 Å². The van der Waals surface area contributed by atoms with Crippen LogP contribution in [0, 0.1) is 29.6 Å². The van der Waals surface area contributed by atoms with E-state index in [2.05, 4.69) is 0 Å². The van der Waals surface area contributed by atoms with Gasteiger partial charge >= 0.3 is 0 Å². The van der Waals surface area contributed by atoms with Crippen molar-refractivity contribution in [3.05, 3.63) is 0 Å². The average Bonchev–Trinajstić information content (AvgIpc) is 2.58. The van der Waals surface area contributed by atoms with Crippen LogP contribution in [0.25, 0.3) is 0 Å².